The summed E-state index contributed by atoms with van der Waals surface area (Å²) in [6, 6.07) is 10.4. The van der Waals surface area contributed by atoms with Gasteiger partial charge in [-0.05, 0) is 37.8 Å². The van der Waals surface area contributed by atoms with Crippen LogP contribution >= 0.6 is 11.6 Å². The Morgan fingerprint density at radius 3 is 2.70 bits per heavy atom. The quantitative estimate of drug-likeness (QED) is 0.842. The average molecular weight is 288 g/mol. The molecule has 3 nitrogen and oxygen atoms in total. The lowest BCUT2D eigenvalue weighted by Gasteiger charge is -2.17. The number of nitrogens with one attached hydrogen (secondary N) is 1. The molecule has 0 amide bonds. The first kappa shape index (κ1) is 13.4. The van der Waals surface area contributed by atoms with Crippen molar-refractivity contribution in [2.24, 2.45) is 0 Å². The number of hydrogen-bond donors (Lipinski definition) is 1. The van der Waals surface area contributed by atoms with Gasteiger partial charge in [0.1, 0.15) is 16.8 Å². The predicted molar refractivity (Wildman–Crippen MR) is 82.2 cm³/mol. The second kappa shape index (κ2) is 5.41. The van der Waals surface area contributed by atoms with Crippen molar-refractivity contribution >= 4 is 17.4 Å². The monoisotopic (exact) mass is 287 g/mol. The maximum Gasteiger partial charge on any atom is 0.135 e. The number of aromatic nitrogens is 2. The molecule has 0 aliphatic heterocycles. The third kappa shape index (κ3) is 2.93. The topological polar surface area (TPSA) is 37.8 Å². The van der Waals surface area contributed by atoms with Gasteiger partial charge in [-0.1, -0.05) is 35.9 Å². The van der Waals surface area contributed by atoms with Crippen molar-refractivity contribution in [2.75, 3.05) is 5.32 Å². The molecular formula is C16H18ClN3. The second-order valence-electron chi connectivity index (χ2n) is 5.43. The standard InChI is InChI=1S/C16H18ClN3/c1-10-5-3-4-6-13(10)11(2)18-15-9-14(17)19-16(20-15)12-7-8-12/h3-6,9,11-12H,7-8H2,1-2H3,(H,18,19,20). The fourth-order valence-electron chi connectivity index (χ4n) is 2.41. The van der Waals surface area contributed by atoms with Gasteiger partial charge in [-0.25, -0.2) is 9.97 Å². The molecule has 1 N–H and O–H groups in total. The minimum atomic E-state index is 0.189. The summed E-state index contributed by atoms with van der Waals surface area (Å²) in [5.74, 6) is 2.18. The number of rotatable bonds is 4. The zero-order valence-corrected chi connectivity index (χ0v) is 12.5. The minimum Gasteiger partial charge on any atom is -0.363 e. The number of anilines is 1. The zero-order chi connectivity index (χ0) is 14.1. The van der Waals surface area contributed by atoms with Gasteiger partial charge in [0.25, 0.3) is 0 Å². The van der Waals surface area contributed by atoms with Crippen LogP contribution in [-0.2, 0) is 0 Å². The van der Waals surface area contributed by atoms with Crippen LogP contribution in [0.15, 0.2) is 30.3 Å². The lowest BCUT2D eigenvalue weighted by atomic mass is 10.0. The third-order valence-electron chi connectivity index (χ3n) is 3.67. The summed E-state index contributed by atoms with van der Waals surface area (Å²) in [6.45, 7) is 4.26. The number of aryl methyl sites for hydroxylation is 1. The highest BCUT2D eigenvalue weighted by Gasteiger charge is 2.27. The lowest BCUT2D eigenvalue weighted by molar-refractivity contribution is 0.847. The van der Waals surface area contributed by atoms with Crippen LogP contribution in [0.3, 0.4) is 0 Å². The first-order chi connectivity index (χ1) is 9.63. The molecule has 0 saturated heterocycles. The number of nitrogens with zero attached hydrogens (tertiary/aromatic N) is 2. The van der Waals surface area contributed by atoms with Gasteiger partial charge in [-0.3, -0.25) is 0 Å². The highest BCUT2D eigenvalue weighted by Crippen LogP contribution is 2.39. The number of benzene rings is 1. The van der Waals surface area contributed by atoms with E-state index in [1.165, 1.54) is 24.0 Å². The van der Waals surface area contributed by atoms with Gasteiger partial charge >= 0.3 is 0 Å². The van der Waals surface area contributed by atoms with E-state index in [-0.39, 0.29) is 6.04 Å². The molecule has 1 aromatic carbocycles. The second-order valence-corrected chi connectivity index (χ2v) is 5.82. The Bertz CT molecular complexity index is 623. The summed E-state index contributed by atoms with van der Waals surface area (Å²) in [6.07, 6.45) is 2.35. The van der Waals surface area contributed by atoms with Crippen molar-refractivity contribution in [2.45, 2.75) is 38.6 Å². The molecule has 1 heterocycles. The molecule has 1 fully saturated rings. The fourth-order valence-corrected chi connectivity index (χ4v) is 2.60. The lowest BCUT2D eigenvalue weighted by Crippen LogP contribution is -2.10. The maximum absolute atomic E-state index is 6.09. The first-order valence-electron chi connectivity index (χ1n) is 7.00. The van der Waals surface area contributed by atoms with Crippen molar-refractivity contribution in [3.63, 3.8) is 0 Å². The van der Waals surface area contributed by atoms with Crippen molar-refractivity contribution in [3.05, 3.63) is 52.4 Å². The molecule has 20 heavy (non-hydrogen) atoms. The van der Waals surface area contributed by atoms with Gasteiger partial charge in [0.2, 0.25) is 0 Å². The average Bonchev–Trinajstić information content (AvgIpc) is 3.22. The molecule has 104 valence electrons. The van der Waals surface area contributed by atoms with Crippen molar-refractivity contribution < 1.29 is 0 Å². The molecule has 1 aliphatic carbocycles. The van der Waals surface area contributed by atoms with E-state index in [0.717, 1.165) is 11.6 Å². The van der Waals surface area contributed by atoms with E-state index < -0.39 is 0 Å². The molecule has 2 aromatic rings. The highest BCUT2D eigenvalue weighted by atomic mass is 35.5. The van der Waals surface area contributed by atoms with Crippen LogP contribution in [0.25, 0.3) is 0 Å². The Morgan fingerprint density at radius 1 is 1.25 bits per heavy atom. The minimum absolute atomic E-state index is 0.189. The van der Waals surface area contributed by atoms with E-state index in [9.17, 15) is 0 Å². The van der Waals surface area contributed by atoms with E-state index >= 15 is 0 Å². The van der Waals surface area contributed by atoms with Crippen LogP contribution in [0, 0.1) is 6.92 Å². The Labute approximate surface area is 124 Å². The largest absolute Gasteiger partial charge is 0.363 e. The number of hydrogen-bond acceptors (Lipinski definition) is 3. The van der Waals surface area contributed by atoms with Crippen LogP contribution in [0.5, 0.6) is 0 Å². The van der Waals surface area contributed by atoms with Crippen LogP contribution in [0.2, 0.25) is 5.15 Å². The summed E-state index contributed by atoms with van der Waals surface area (Å²) in [7, 11) is 0. The molecule has 1 unspecified atom stereocenters. The Balaban J connectivity index is 1.82. The smallest absolute Gasteiger partial charge is 0.135 e. The maximum atomic E-state index is 6.09. The van der Waals surface area contributed by atoms with E-state index in [2.05, 4.69) is 53.4 Å². The van der Waals surface area contributed by atoms with E-state index in [0.29, 0.717) is 11.1 Å². The predicted octanol–water partition coefficient (Wildman–Crippen LogP) is 4.49. The van der Waals surface area contributed by atoms with Crippen LogP contribution in [0.1, 0.15) is 48.7 Å². The molecule has 1 saturated carbocycles. The van der Waals surface area contributed by atoms with Gasteiger partial charge in [0, 0.05) is 12.0 Å². The summed E-state index contributed by atoms with van der Waals surface area (Å²) in [5.41, 5.74) is 2.55. The molecule has 1 atom stereocenters. The van der Waals surface area contributed by atoms with Crippen LogP contribution < -0.4 is 5.32 Å². The Kier molecular flexibility index (Phi) is 3.62. The third-order valence-corrected chi connectivity index (χ3v) is 3.87. The first-order valence-corrected chi connectivity index (χ1v) is 7.38. The molecule has 1 aromatic heterocycles. The van der Waals surface area contributed by atoms with E-state index in [1.807, 2.05) is 0 Å². The van der Waals surface area contributed by atoms with E-state index in [4.69, 9.17) is 11.6 Å². The SMILES string of the molecule is Cc1ccccc1C(C)Nc1cc(Cl)nc(C2CC2)n1. The summed E-state index contributed by atoms with van der Waals surface area (Å²) < 4.78 is 0. The summed E-state index contributed by atoms with van der Waals surface area (Å²) >= 11 is 6.09. The summed E-state index contributed by atoms with van der Waals surface area (Å²) in [4.78, 5) is 8.89. The van der Waals surface area contributed by atoms with Gasteiger partial charge in [-0.2, -0.15) is 0 Å². The van der Waals surface area contributed by atoms with E-state index in [1.54, 1.807) is 6.07 Å². The van der Waals surface area contributed by atoms with Gasteiger partial charge in [0.15, 0.2) is 0 Å². The Morgan fingerprint density at radius 2 is 2.00 bits per heavy atom. The van der Waals surface area contributed by atoms with Gasteiger partial charge in [0.05, 0.1) is 6.04 Å². The molecule has 3 rings (SSSR count). The van der Waals surface area contributed by atoms with Crippen molar-refractivity contribution in [1.29, 1.82) is 0 Å². The molecular weight excluding hydrogens is 270 g/mol. The fraction of sp³-hybridized carbons (Fsp3) is 0.375. The van der Waals surface area contributed by atoms with Crippen molar-refractivity contribution in [3.8, 4) is 0 Å². The zero-order valence-electron chi connectivity index (χ0n) is 11.7. The molecule has 0 radical (unpaired) electrons. The summed E-state index contributed by atoms with van der Waals surface area (Å²) in [5, 5.41) is 3.94. The highest BCUT2D eigenvalue weighted by molar-refractivity contribution is 6.29. The molecule has 0 spiro atoms. The molecule has 4 heteroatoms. The normalized spacial score (nSPS) is 15.9. The van der Waals surface area contributed by atoms with Crippen LogP contribution in [0.4, 0.5) is 5.82 Å². The van der Waals surface area contributed by atoms with Crippen LogP contribution in [-0.4, -0.2) is 9.97 Å². The molecule has 0 bridgehead atoms. The van der Waals surface area contributed by atoms with Crippen molar-refractivity contribution in [1.82, 2.24) is 9.97 Å². The number of halogens is 1. The van der Waals surface area contributed by atoms with Gasteiger partial charge in [-0.15, -0.1) is 0 Å². The Hall–Kier alpha value is -1.61. The van der Waals surface area contributed by atoms with Gasteiger partial charge < -0.3 is 5.32 Å². The molecule has 1 aliphatic rings.